The number of nitrogens with zero attached hydrogens (tertiary/aromatic N) is 3. The second kappa shape index (κ2) is 8.62. The van der Waals surface area contributed by atoms with Crippen LogP contribution in [0.2, 0.25) is 0 Å². The maximum absolute atomic E-state index is 12.6. The summed E-state index contributed by atoms with van der Waals surface area (Å²) in [6.45, 7) is 4.49. The molecule has 1 aromatic heterocycles. The first kappa shape index (κ1) is 20.0. The van der Waals surface area contributed by atoms with Gasteiger partial charge in [-0.3, -0.25) is 14.9 Å². The first-order chi connectivity index (χ1) is 14.5. The van der Waals surface area contributed by atoms with Crippen LogP contribution >= 0.6 is 11.3 Å². The Morgan fingerprint density at radius 3 is 2.63 bits per heavy atom. The van der Waals surface area contributed by atoms with Crippen LogP contribution in [0.25, 0.3) is 0 Å². The number of anilines is 2. The van der Waals surface area contributed by atoms with Crippen LogP contribution in [-0.4, -0.2) is 35.2 Å². The van der Waals surface area contributed by atoms with Gasteiger partial charge in [-0.2, -0.15) is 0 Å². The van der Waals surface area contributed by atoms with Gasteiger partial charge >= 0.3 is 0 Å². The van der Waals surface area contributed by atoms with Crippen molar-refractivity contribution in [3.63, 3.8) is 0 Å². The number of para-hydroxylation sites is 1. The monoisotopic (exact) mass is 422 g/mol. The van der Waals surface area contributed by atoms with Crippen LogP contribution in [0.4, 0.5) is 10.8 Å². The summed E-state index contributed by atoms with van der Waals surface area (Å²) in [6, 6.07) is 15.3. The minimum absolute atomic E-state index is 0.0398. The molecular weight excluding hydrogens is 400 g/mol. The van der Waals surface area contributed by atoms with Gasteiger partial charge in [0.15, 0.2) is 6.61 Å². The summed E-state index contributed by atoms with van der Waals surface area (Å²) in [6.07, 6.45) is 0.382. The van der Waals surface area contributed by atoms with E-state index in [-0.39, 0.29) is 24.3 Å². The summed E-state index contributed by atoms with van der Waals surface area (Å²) < 4.78 is 5.44. The van der Waals surface area contributed by atoms with Crippen LogP contribution < -0.4 is 15.0 Å². The van der Waals surface area contributed by atoms with Crippen molar-refractivity contribution in [1.29, 1.82) is 0 Å². The molecule has 30 heavy (non-hydrogen) atoms. The highest BCUT2D eigenvalue weighted by atomic mass is 32.1. The Kier molecular flexibility index (Phi) is 5.76. The molecule has 2 amide bonds. The van der Waals surface area contributed by atoms with Gasteiger partial charge in [0.25, 0.3) is 5.91 Å². The molecule has 1 fully saturated rings. The molecular formula is C22H22N4O3S. The van der Waals surface area contributed by atoms with E-state index < -0.39 is 0 Å². The van der Waals surface area contributed by atoms with Crippen LogP contribution in [0.3, 0.4) is 0 Å². The van der Waals surface area contributed by atoms with Gasteiger partial charge in [0.05, 0.1) is 0 Å². The first-order valence-electron chi connectivity index (χ1n) is 9.67. The predicted octanol–water partition coefficient (Wildman–Crippen LogP) is 3.69. The van der Waals surface area contributed by atoms with Crippen LogP contribution in [-0.2, 0) is 9.59 Å². The number of aryl methyl sites for hydroxylation is 2. The van der Waals surface area contributed by atoms with Crippen molar-refractivity contribution in [2.75, 3.05) is 23.4 Å². The third-order valence-electron chi connectivity index (χ3n) is 4.79. The number of rotatable bonds is 6. The lowest BCUT2D eigenvalue weighted by molar-refractivity contribution is -0.118. The Hall–Kier alpha value is -3.26. The smallest absolute Gasteiger partial charge is 0.264 e. The fourth-order valence-electron chi connectivity index (χ4n) is 3.50. The lowest BCUT2D eigenvalue weighted by atomic mass is 10.1. The summed E-state index contributed by atoms with van der Waals surface area (Å²) in [5, 5.41) is 12.1. The maximum Gasteiger partial charge on any atom is 0.264 e. The van der Waals surface area contributed by atoms with E-state index in [4.69, 9.17) is 4.74 Å². The zero-order valence-electron chi connectivity index (χ0n) is 16.8. The third kappa shape index (κ3) is 4.65. The predicted molar refractivity (Wildman–Crippen MR) is 116 cm³/mol. The van der Waals surface area contributed by atoms with E-state index in [1.165, 1.54) is 11.3 Å². The Bertz CT molecular complexity index is 1050. The summed E-state index contributed by atoms with van der Waals surface area (Å²) in [5.74, 6) is 0.353. The zero-order valence-corrected chi connectivity index (χ0v) is 17.6. The number of carbonyl (C=O) groups is 2. The molecule has 3 aromatic rings. The molecule has 1 atom stereocenters. The van der Waals surface area contributed by atoms with E-state index in [1.807, 2.05) is 44.2 Å². The molecule has 154 valence electrons. The van der Waals surface area contributed by atoms with Gasteiger partial charge in [-0.1, -0.05) is 35.6 Å². The molecule has 0 aliphatic carbocycles. The second-order valence-electron chi connectivity index (χ2n) is 7.35. The summed E-state index contributed by atoms with van der Waals surface area (Å²) in [7, 11) is 0. The van der Waals surface area contributed by atoms with E-state index >= 15 is 0 Å². The molecule has 8 heteroatoms. The molecule has 0 spiro atoms. The van der Waals surface area contributed by atoms with Crippen molar-refractivity contribution in [2.24, 2.45) is 0 Å². The van der Waals surface area contributed by atoms with Crippen molar-refractivity contribution in [2.45, 2.75) is 26.2 Å². The van der Waals surface area contributed by atoms with Crippen LogP contribution in [0.15, 0.2) is 48.5 Å². The third-order valence-corrected chi connectivity index (χ3v) is 5.79. The van der Waals surface area contributed by atoms with E-state index in [0.717, 1.165) is 21.8 Å². The highest BCUT2D eigenvalue weighted by Crippen LogP contribution is 2.34. The number of carbonyl (C=O) groups excluding carboxylic acids is 2. The van der Waals surface area contributed by atoms with Gasteiger partial charge in [-0.05, 0) is 49.2 Å². The Balaban J connectivity index is 1.37. The SMILES string of the molecule is Cc1cc(C)cc(N2C[C@H](c3nnc(NC(=O)COc4ccccc4)s3)CC2=O)c1. The van der Waals surface area contributed by atoms with E-state index in [0.29, 0.717) is 23.8 Å². The Labute approximate surface area is 178 Å². The molecule has 4 rings (SSSR count). The molecule has 7 nitrogen and oxygen atoms in total. The zero-order chi connectivity index (χ0) is 21.1. The normalized spacial score (nSPS) is 16.0. The second-order valence-corrected chi connectivity index (χ2v) is 8.36. The van der Waals surface area contributed by atoms with Gasteiger partial charge in [-0.15, -0.1) is 10.2 Å². The number of nitrogens with one attached hydrogen (secondary N) is 1. The van der Waals surface area contributed by atoms with E-state index in [1.54, 1.807) is 17.0 Å². The van der Waals surface area contributed by atoms with Gasteiger partial charge in [-0.25, -0.2) is 0 Å². The fourth-order valence-corrected chi connectivity index (χ4v) is 4.35. The molecule has 0 saturated carbocycles. The average molecular weight is 423 g/mol. The molecule has 1 aliphatic rings. The van der Waals surface area contributed by atoms with Crippen molar-refractivity contribution < 1.29 is 14.3 Å². The Morgan fingerprint density at radius 2 is 1.90 bits per heavy atom. The van der Waals surface area contributed by atoms with Crippen molar-refractivity contribution in [3.05, 3.63) is 64.7 Å². The molecule has 2 aromatic carbocycles. The maximum atomic E-state index is 12.6. The highest BCUT2D eigenvalue weighted by Gasteiger charge is 2.34. The lowest BCUT2D eigenvalue weighted by Crippen LogP contribution is -2.24. The number of hydrogen-bond donors (Lipinski definition) is 1. The topological polar surface area (TPSA) is 84.4 Å². The molecule has 0 bridgehead atoms. The summed E-state index contributed by atoms with van der Waals surface area (Å²) >= 11 is 1.30. The van der Waals surface area contributed by atoms with E-state index in [2.05, 4.69) is 21.6 Å². The van der Waals surface area contributed by atoms with Gasteiger partial charge in [0.2, 0.25) is 11.0 Å². The number of benzene rings is 2. The minimum atomic E-state index is -0.305. The molecule has 1 N–H and O–H groups in total. The number of amides is 2. The largest absolute Gasteiger partial charge is 0.484 e. The number of ether oxygens (including phenoxy) is 1. The van der Waals surface area contributed by atoms with Gasteiger partial charge in [0, 0.05) is 24.6 Å². The molecule has 1 aliphatic heterocycles. The number of hydrogen-bond acceptors (Lipinski definition) is 6. The van der Waals surface area contributed by atoms with Crippen molar-refractivity contribution >= 4 is 34.0 Å². The fraction of sp³-hybridized carbons (Fsp3) is 0.273. The quantitative estimate of drug-likeness (QED) is 0.655. The highest BCUT2D eigenvalue weighted by molar-refractivity contribution is 7.15. The molecule has 1 saturated heterocycles. The average Bonchev–Trinajstić information content (AvgIpc) is 3.33. The minimum Gasteiger partial charge on any atom is -0.484 e. The Morgan fingerprint density at radius 1 is 1.17 bits per heavy atom. The summed E-state index contributed by atoms with van der Waals surface area (Å²) in [5.41, 5.74) is 3.16. The van der Waals surface area contributed by atoms with Crippen LogP contribution in [0, 0.1) is 13.8 Å². The molecule has 0 radical (unpaired) electrons. The first-order valence-corrected chi connectivity index (χ1v) is 10.5. The van der Waals surface area contributed by atoms with Gasteiger partial charge in [0.1, 0.15) is 10.8 Å². The van der Waals surface area contributed by atoms with Crippen LogP contribution in [0.5, 0.6) is 5.75 Å². The number of aromatic nitrogens is 2. The molecule has 0 unspecified atom stereocenters. The van der Waals surface area contributed by atoms with Crippen LogP contribution in [0.1, 0.15) is 28.5 Å². The summed E-state index contributed by atoms with van der Waals surface area (Å²) in [4.78, 5) is 26.5. The van der Waals surface area contributed by atoms with E-state index in [9.17, 15) is 9.59 Å². The molecule has 2 heterocycles. The standard InChI is InChI=1S/C22H22N4O3S/c1-14-8-15(2)10-17(9-14)26-12-16(11-20(26)28)21-24-25-22(30-21)23-19(27)13-29-18-6-4-3-5-7-18/h3-10,16H,11-13H2,1-2H3,(H,23,25,27)/t16-/m1/s1. The van der Waals surface area contributed by atoms with Crippen molar-refractivity contribution in [1.82, 2.24) is 10.2 Å². The van der Waals surface area contributed by atoms with Gasteiger partial charge < -0.3 is 9.64 Å². The lowest BCUT2D eigenvalue weighted by Gasteiger charge is -2.17. The van der Waals surface area contributed by atoms with Crippen molar-refractivity contribution in [3.8, 4) is 5.75 Å².